The van der Waals surface area contributed by atoms with Crippen LogP contribution in [0.1, 0.15) is 49.4 Å². The summed E-state index contributed by atoms with van der Waals surface area (Å²) in [5.41, 5.74) is 1.80. The number of hydrogen-bond acceptors (Lipinski definition) is 3. The van der Waals surface area contributed by atoms with Crippen LogP contribution in [0.25, 0.3) is 0 Å². The molecule has 0 heterocycles. The van der Waals surface area contributed by atoms with Crippen molar-refractivity contribution in [1.82, 2.24) is 0 Å². The number of ketones is 1. The number of aliphatic hydroxyl groups is 1. The number of carbonyl (C=O) groups is 1. The summed E-state index contributed by atoms with van der Waals surface area (Å²) in [6.45, 7) is 2.37. The third-order valence-corrected chi connectivity index (χ3v) is 4.66. The maximum Gasteiger partial charge on any atom is 0.159 e. The Morgan fingerprint density at radius 2 is 2.05 bits per heavy atom. The first kappa shape index (κ1) is 15.5. The molecule has 3 nitrogen and oxygen atoms in total. The third-order valence-electron chi connectivity index (χ3n) is 4.02. The van der Waals surface area contributed by atoms with Crippen LogP contribution >= 0.6 is 15.9 Å². The van der Waals surface area contributed by atoms with Gasteiger partial charge in [-0.1, -0.05) is 19.3 Å². The van der Waals surface area contributed by atoms with Gasteiger partial charge < -0.3 is 10.0 Å². The summed E-state index contributed by atoms with van der Waals surface area (Å²) in [6, 6.07) is 6.24. The van der Waals surface area contributed by atoms with Crippen molar-refractivity contribution in [2.24, 2.45) is 0 Å². The number of aliphatic hydroxyl groups excluding tert-OH is 1. The Morgan fingerprint density at radius 3 is 2.60 bits per heavy atom. The second-order valence-corrected chi connectivity index (χ2v) is 6.29. The van der Waals surface area contributed by atoms with E-state index in [-0.39, 0.29) is 12.4 Å². The lowest BCUT2D eigenvalue weighted by atomic mass is 9.93. The highest BCUT2D eigenvalue weighted by atomic mass is 79.9. The Morgan fingerprint density at radius 1 is 1.35 bits per heavy atom. The molecule has 1 aromatic rings. The maximum atomic E-state index is 11.4. The van der Waals surface area contributed by atoms with E-state index in [0.29, 0.717) is 18.2 Å². The summed E-state index contributed by atoms with van der Waals surface area (Å²) in [5.74, 6) is 0.0728. The zero-order valence-corrected chi connectivity index (χ0v) is 13.5. The van der Waals surface area contributed by atoms with Gasteiger partial charge in [-0.3, -0.25) is 4.79 Å². The second kappa shape index (κ2) is 7.23. The Bertz CT molecular complexity index is 470. The van der Waals surface area contributed by atoms with Crippen molar-refractivity contribution in [2.45, 2.75) is 45.1 Å². The highest BCUT2D eigenvalue weighted by molar-refractivity contribution is 9.10. The standard InChI is InChI=1S/C16H22BrNO2/c1-12(20)13-7-8-16(15(17)11-13)18(9-10-19)14-5-3-2-4-6-14/h7-8,11,14,19H,2-6,9-10H2,1H3. The molecule has 0 radical (unpaired) electrons. The number of hydrogen-bond donors (Lipinski definition) is 1. The molecule has 0 atom stereocenters. The summed E-state index contributed by atoms with van der Waals surface area (Å²) >= 11 is 3.58. The SMILES string of the molecule is CC(=O)c1ccc(N(CCO)C2CCCCC2)c(Br)c1. The first-order valence-electron chi connectivity index (χ1n) is 7.31. The average molecular weight is 340 g/mol. The molecular formula is C16H22BrNO2. The van der Waals surface area contributed by atoms with Crippen molar-refractivity contribution >= 4 is 27.4 Å². The van der Waals surface area contributed by atoms with E-state index in [9.17, 15) is 9.90 Å². The summed E-state index contributed by atoms with van der Waals surface area (Å²) in [6.07, 6.45) is 6.20. The number of halogens is 1. The molecule has 1 aliphatic rings. The van der Waals surface area contributed by atoms with Gasteiger partial charge in [-0.2, -0.15) is 0 Å². The van der Waals surface area contributed by atoms with E-state index in [4.69, 9.17) is 0 Å². The van der Waals surface area contributed by atoms with Gasteiger partial charge in [-0.15, -0.1) is 0 Å². The number of nitrogens with zero attached hydrogens (tertiary/aromatic N) is 1. The molecule has 1 aliphatic carbocycles. The molecule has 0 bridgehead atoms. The van der Waals surface area contributed by atoms with Gasteiger partial charge in [-0.25, -0.2) is 0 Å². The van der Waals surface area contributed by atoms with Crippen molar-refractivity contribution in [3.63, 3.8) is 0 Å². The van der Waals surface area contributed by atoms with E-state index >= 15 is 0 Å². The zero-order valence-electron chi connectivity index (χ0n) is 11.9. The Labute approximate surface area is 129 Å². The number of rotatable bonds is 5. The first-order valence-corrected chi connectivity index (χ1v) is 8.10. The molecule has 4 heteroatoms. The molecule has 0 unspecified atom stereocenters. The quantitative estimate of drug-likeness (QED) is 0.830. The summed E-state index contributed by atoms with van der Waals surface area (Å²) in [7, 11) is 0. The minimum absolute atomic E-state index is 0.0728. The van der Waals surface area contributed by atoms with Crippen LogP contribution in [0, 0.1) is 0 Å². The second-order valence-electron chi connectivity index (χ2n) is 5.43. The Kier molecular flexibility index (Phi) is 5.61. The predicted octanol–water partition coefficient (Wildman–Crippen LogP) is 3.78. The lowest BCUT2D eigenvalue weighted by molar-refractivity contribution is 0.101. The van der Waals surface area contributed by atoms with E-state index < -0.39 is 0 Å². The molecule has 110 valence electrons. The van der Waals surface area contributed by atoms with Crippen LogP contribution in [0.15, 0.2) is 22.7 Å². The minimum atomic E-state index is 0.0728. The molecule has 0 spiro atoms. The monoisotopic (exact) mass is 339 g/mol. The van der Waals surface area contributed by atoms with Crippen LogP contribution < -0.4 is 4.90 Å². The van der Waals surface area contributed by atoms with Crippen LogP contribution in [-0.2, 0) is 0 Å². The van der Waals surface area contributed by atoms with E-state index in [1.165, 1.54) is 32.1 Å². The summed E-state index contributed by atoms with van der Waals surface area (Å²) in [4.78, 5) is 13.7. The largest absolute Gasteiger partial charge is 0.395 e. The van der Waals surface area contributed by atoms with Gasteiger partial charge in [0.2, 0.25) is 0 Å². The molecule has 0 aromatic heterocycles. The van der Waals surface area contributed by atoms with Gasteiger partial charge in [0.15, 0.2) is 5.78 Å². The van der Waals surface area contributed by atoms with Crippen LogP contribution in [0.4, 0.5) is 5.69 Å². The number of benzene rings is 1. The fourth-order valence-corrected chi connectivity index (χ4v) is 3.57. The normalized spacial score (nSPS) is 16.1. The number of carbonyl (C=O) groups excluding carboxylic acids is 1. The number of Topliss-reactive ketones (excluding diaryl/α,β-unsaturated/α-hetero) is 1. The first-order chi connectivity index (χ1) is 9.63. The fourth-order valence-electron chi connectivity index (χ4n) is 2.96. The van der Waals surface area contributed by atoms with Gasteiger partial charge in [0, 0.05) is 22.6 Å². The predicted molar refractivity (Wildman–Crippen MR) is 85.5 cm³/mol. The highest BCUT2D eigenvalue weighted by Gasteiger charge is 2.22. The molecule has 1 fully saturated rings. The van der Waals surface area contributed by atoms with Gasteiger partial charge in [-0.05, 0) is 53.9 Å². The highest BCUT2D eigenvalue weighted by Crippen LogP contribution is 2.33. The van der Waals surface area contributed by atoms with Crippen molar-refractivity contribution in [3.05, 3.63) is 28.2 Å². The van der Waals surface area contributed by atoms with E-state index in [1.54, 1.807) is 6.92 Å². The van der Waals surface area contributed by atoms with Gasteiger partial charge >= 0.3 is 0 Å². The molecule has 1 N–H and O–H groups in total. The molecule has 0 amide bonds. The maximum absolute atomic E-state index is 11.4. The van der Waals surface area contributed by atoms with E-state index in [2.05, 4.69) is 20.8 Å². The van der Waals surface area contributed by atoms with Crippen LogP contribution in [0.5, 0.6) is 0 Å². The van der Waals surface area contributed by atoms with Crippen molar-refractivity contribution in [1.29, 1.82) is 0 Å². The van der Waals surface area contributed by atoms with Crippen molar-refractivity contribution < 1.29 is 9.90 Å². The molecule has 2 rings (SSSR count). The lowest BCUT2D eigenvalue weighted by Crippen LogP contribution is -2.39. The minimum Gasteiger partial charge on any atom is -0.395 e. The molecule has 20 heavy (non-hydrogen) atoms. The summed E-state index contributed by atoms with van der Waals surface area (Å²) < 4.78 is 0.934. The van der Waals surface area contributed by atoms with Crippen molar-refractivity contribution in [3.8, 4) is 0 Å². The number of anilines is 1. The molecule has 1 aromatic carbocycles. The summed E-state index contributed by atoms with van der Waals surface area (Å²) in [5, 5.41) is 9.35. The molecule has 0 saturated heterocycles. The van der Waals surface area contributed by atoms with Crippen molar-refractivity contribution in [2.75, 3.05) is 18.1 Å². The van der Waals surface area contributed by atoms with Gasteiger partial charge in [0.1, 0.15) is 0 Å². The molecule has 1 saturated carbocycles. The fraction of sp³-hybridized carbons (Fsp3) is 0.562. The van der Waals surface area contributed by atoms with Crippen LogP contribution in [0.2, 0.25) is 0 Å². The van der Waals surface area contributed by atoms with Crippen LogP contribution in [0.3, 0.4) is 0 Å². The average Bonchev–Trinajstić information content (AvgIpc) is 2.46. The Hall–Kier alpha value is -0.870. The van der Waals surface area contributed by atoms with E-state index in [0.717, 1.165) is 10.2 Å². The topological polar surface area (TPSA) is 40.5 Å². The zero-order chi connectivity index (χ0) is 14.5. The Balaban J connectivity index is 2.26. The third kappa shape index (κ3) is 3.61. The van der Waals surface area contributed by atoms with Gasteiger partial charge in [0.25, 0.3) is 0 Å². The van der Waals surface area contributed by atoms with Gasteiger partial charge in [0.05, 0.1) is 12.3 Å². The molecular weight excluding hydrogens is 318 g/mol. The lowest BCUT2D eigenvalue weighted by Gasteiger charge is -2.36. The molecule has 0 aliphatic heterocycles. The van der Waals surface area contributed by atoms with Crippen LogP contribution in [-0.4, -0.2) is 30.1 Å². The van der Waals surface area contributed by atoms with E-state index in [1.807, 2.05) is 18.2 Å². The smallest absolute Gasteiger partial charge is 0.159 e.